The minimum Gasteiger partial charge on any atom is -0.249 e. The van der Waals surface area contributed by atoms with Gasteiger partial charge in [0.2, 0.25) is 0 Å². The average Bonchev–Trinajstić information content (AvgIpc) is 2.65. The van der Waals surface area contributed by atoms with E-state index in [9.17, 15) is 0 Å². The second-order valence-corrected chi connectivity index (χ2v) is 4.90. The Hall–Kier alpha value is -0.630. The van der Waals surface area contributed by atoms with E-state index in [0.717, 1.165) is 5.92 Å². The Bertz CT molecular complexity index is 338. The number of aromatic nitrogens is 1. The smallest absolute Gasteiger partial charge is 0.0801 e. The summed E-state index contributed by atoms with van der Waals surface area (Å²) < 4.78 is 0. The van der Waals surface area contributed by atoms with Crippen LogP contribution >= 0.6 is 11.3 Å². The molecule has 14 heavy (non-hydrogen) atoms. The molecule has 0 saturated heterocycles. The number of aryl methyl sites for hydroxylation is 1. The fourth-order valence-electron chi connectivity index (χ4n) is 2.08. The van der Waals surface area contributed by atoms with Crippen LogP contribution in [0.4, 0.5) is 0 Å². The Morgan fingerprint density at radius 2 is 2.43 bits per heavy atom. The molecule has 0 amide bonds. The van der Waals surface area contributed by atoms with Crippen molar-refractivity contribution in [1.29, 1.82) is 0 Å². The van der Waals surface area contributed by atoms with Crippen molar-refractivity contribution >= 4 is 16.9 Å². The van der Waals surface area contributed by atoms with Crippen LogP contribution in [-0.4, -0.2) is 4.98 Å². The summed E-state index contributed by atoms with van der Waals surface area (Å²) in [7, 11) is 0. The summed E-state index contributed by atoms with van der Waals surface area (Å²) >= 11 is 1.79. The highest BCUT2D eigenvalue weighted by atomic mass is 32.1. The summed E-state index contributed by atoms with van der Waals surface area (Å²) in [4.78, 5) is 5.72. The van der Waals surface area contributed by atoms with Crippen molar-refractivity contribution in [3.05, 3.63) is 22.2 Å². The third-order valence-corrected chi connectivity index (χ3v) is 4.14. The van der Waals surface area contributed by atoms with Gasteiger partial charge in [0, 0.05) is 0 Å². The molecule has 1 aromatic rings. The normalized spacial score (nSPS) is 22.1. The molecule has 1 atom stereocenters. The van der Waals surface area contributed by atoms with E-state index in [0.29, 0.717) is 0 Å². The molecule has 1 aromatic heterocycles. The summed E-state index contributed by atoms with van der Waals surface area (Å²) in [5.74, 6) is 0.923. The first-order valence-corrected chi connectivity index (χ1v) is 6.28. The molecule has 0 saturated carbocycles. The highest BCUT2D eigenvalue weighted by molar-refractivity contribution is 7.10. The molecule has 1 unspecified atom stereocenters. The average molecular weight is 207 g/mol. The molecule has 1 nitrogen and oxygen atoms in total. The molecule has 0 aliphatic heterocycles. The standard InChI is InChI=1S/C12H17NS/c1-3-10-4-6-11(7-5-10)12-9(2)13-8-14-12/h6,8,10H,3-5,7H2,1-2H3. The van der Waals surface area contributed by atoms with Gasteiger partial charge < -0.3 is 0 Å². The summed E-state index contributed by atoms with van der Waals surface area (Å²) in [5.41, 5.74) is 4.70. The van der Waals surface area contributed by atoms with Crippen molar-refractivity contribution in [2.24, 2.45) is 5.92 Å². The molecule has 0 spiro atoms. The lowest BCUT2D eigenvalue weighted by molar-refractivity contribution is 0.471. The summed E-state index contributed by atoms with van der Waals surface area (Å²) in [6, 6.07) is 0. The second-order valence-electron chi connectivity index (χ2n) is 4.04. The van der Waals surface area contributed by atoms with E-state index in [4.69, 9.17) is 0 Å². The SMILES string of the molecule is CCC1CC=C(c2scnc2C)CC1. The first-order chi connectivity index (χ1) is 6.81. The van der Waals surface area contributed by atoms with Crippen molar-refractivity contribution < 1.29 is 0 Å². The lowest BCUT2D eigenvalue weighted by Crippen LogP contribution is -2.03. The number of allylic oxidation sites excluding steroid dienone is 2. The van der Waals surface area contributed by atoms with Gasteiger partial charge in [-0.2, -0.15) is 0 Å². The minimum absolute atomic E-state index is 0.923. The summed E-state index contributed by atoms with van der Waals surface area (Å²) in [5, 5.41) is 0. The Kier molecular flexibility index (Phi) is 3.02. The number of nitrogens with zero attached hydrogens (tertiary/aromatic N) is 1. The molecule has 1 aliphatic carbocycles. The van der Waals surface area contributed by atoms with Crippen LogP contribution in [0.5, 0.6) is 0 Å². The van der Waals surface area contributed by atoms with Crippen LogP contribution in [-0.2, 0) is 0 Å². The Morgan fingerprint density at radius 1 is 1.57 bits per heavy atom. The molecular formula is C12H17NS. The molecule has 1 aliphatic rings. The van der Waals surface area contributed by atoms with E-state index in [2.05, 4.69) is 24.9 Å². The zero-order valence-corrected chi connectivity index (χ0v) is 9.73. The third kappa shape index (κ3) is 1.90. The largest absolute Gasteiger partial charge is 0.249 e. The van der Waals surface area contributed by atoms with E-state index in [1.807, 2.05) is 5.51 Å². The minimum atomic E-state index is 0.923. The predicted octanol–water partition coefficient (Wildman–Crippen LogP) is 4.05. The lowest BCUT2D eigenvalue weighted by atomic mass is 9.87. The topological polar surface area (TPSA) is 12.9 Å². The quantitative estimate of drug-likeness (QED) is 0.713. The van der Waals surface area contributed by atoms with Crippen LogP contribution in [0.25, 0.3) is 5.57 Å². The molecule has 76 valence electrons. The van der Waals surface area contributed by atoms with Crippen molar-refractivity contribution in [2.45, 2.75) is 39.5 Å². The fraction of sp³-hybridized carbons (Fsp3) is 0.583. The third-order valence-electron chi connectivity index (χ3n) is 3.13. The van der Waals surface area contributed by atoms with E-state index >= 15 is 0 Å². The maximum absolute atomic E-state index is 4.31. The molecule has 0 radical (unpaired) electrons. The highest BCUT2D eigenvalue weighted by Crippen LogP contribution is 2.34. The van der Waals surface area contributed by atoms with Crippen LogP contribution in [0.2, 0.25) is 0 Å². The van der Waals surface area contributed by atoms with Crippen LogP contribution in [0.3, 0.4) is 0 Å². The van der Waals surface area contributed by atoms with E-state index in [1.54, 1.807) is 11.3 Å². The van der Waals surface area contributed by atoms with Crippen molar-refractivity contribution in [1.82, 2.24) is 4.98 Å². The van der Waals surface area contributed by atoms with Crippen molar-refractivity contribution in [3.8, 4) is 0 Å². The van der Waals surface area contributed by atoms with Gasteiger partial charge in [0.25, 0.3) is 0 Å². The zero-order chi connectivity index (χ0) is 9.97. The summed E-state index contributed by atoms with van der Waals surface area (Å²) in [6.07, 6.45) is 7.63. The molecule has 1 heterocycles. The van der Waals surface area contributed by atoms with Crippen LogP contribution in [0.1, 0.15) is 43.2 Å². The molecular weight excluding hydrogens is 190 g/mol. The molecule has 0 bridgehead atoms. The fourth-order valence-corrected chi connectivity index (χ4v) is 2.95. The van der Waals surface area contributed by atoms with Gasteiger partial charge in [0.1, 0.15) is 0 Å². The van der Waals surface area contributed by atoms with Crippen molar-refractivity contribution in [3.63, 3.8) is 0 Å². The van der Waals surface area contributed by atoms with Crippen LogP contribution in [0, 0.1) is 12.8 Å². The monoisotopic (exact) mass is 207 g/mol. The first kappa shape index (κ1) is 9.91. The maximum Gasteiger partial charge on any atom is 0.0801 e. The lowest BCUT2D eigenvalue weighted by Gasteiger charge is -2.19. The molecule has 0 N–H and O–H groups in total. The second kappa shape index (κ2) is 4.26. The van der Waals surface area contributed by atoms with Gasteiger partial charge in [-0.25, -0.2) is 4.98 Å². The van der Waals surface area contributed by atoms with Gasteiger partial charge in [0.05, 0.1) is 16.1 Å². The van der Waals surface area contributed by atoms with Gasteiger partial charge >= 0.3 is 0 Å². The Morgan fingerprint density at radius 3 is 2.93 bits per heavy atom. The van der Waals surface area contributed by atoms with E-state index in [-0.39, 0.29) is 0 Å². The zero-order valence-electron chi connectivity index (χ0n) is 8.92. The molecule has 0 aromatic carbocycles. The number of hydrogen-bond acceptors (Lipinski definition) is 2. The van der Waals surface area contributed by atoms with Crippen LogP contribution in [0.15, 0.2) is 11.6 Å². The molecule has 2 heteroatoms. The molecule has 0 fully saturated rings. The molecule has 2 rings (SSSR count). The predicted molar refractivity (Wildman–Crippen MR) is 62.5 cm³/mol. The number of hydrogen-bond donors (Lipinski definition) is 0. The Balaban J connectivity index is 2.14. The number of thiazole rings is 1. The van der Waals surface area contributed by atoms with Gasteiger partial charge in [-0.05, 0) is 37.7 Å². The van der Waals surface area contributed by atoms with Gasteiger partial charge in [-0.1, -0.05) is 19.4 Å². The van der Waals surface area contributed by atoms with Gasteiger partial charge in [-0.15, -0.1) is 11.3 Å². The van der Waals surface area contributed by atoms with E-state index in [1.165, 1.54) is 41.8 Å². The van der Waals surface area contributed by atoms with Gasteiger partial charge in [-0.3, -0.25) is 0 Å². The maximum atomic E-state index is 4.31. The number of rotatable bonds is 2. The van der Waals surface area contributed by atoms with Crippen LogP contribution < -0.4 is 0 Å². The highest BCUT2D eigenvalue weighted by Gasteiger charge is 2.15. The van der Waals surface area contributed by atoms with Crippen molar-refractivity contribution in [2.75, 3.05) is 0 Å². The first-order valence-electron chi connectivity index (χ1n) is 5.40. The van der Waals surface area contributed by atoms with E-state index < -0.39 is 0 Å². The van der Waals surface area contributed by atoms with Gasteiger partial charge in [0.15, 0.2) is 0 Å². The Labute approximate surface area is 89.9 Å². The summed E-state index contributed by atoms with van der Waals surface area (Å²) in [6.45, 7) is 4.40.